The maximum atomic E-state index is 9.93. The van der Waals surface area contributed by atoms with Gasteiger partial charge in [-0.2, -0.15) is 0 Å². The summed E-state index contributed by atoms with van der Waals surface area (Å²) in [5.41, 5.74) is 0. The summed E-state index contributed by atoms with van der Waals surface area (Å²) in [6, 6.07) is 0. The minimum Gasteiger partial charge on any atom is -0.378 e. The van der Waals surface area contributed by atoms with Gasteiger partial charge in [0, 0.05) is 13.0 Å². The van der Waals surface area contributed by atoms with Crippen molar-refractivity contribution in [3.63, 3.8) is 0 Å². The molecule has 0 N–H and O–H groups in total. The van der Waals surface area contributed by atoms with Crippen LogP contribution in [0.4, 0.5) is 0 Å². The van der Waals surface area contributed by atoms with Crippen molar-refractivity contribution in [2.75, 3.05) is 6.61 Å². The standard InChI is InChI=1S/C11H19O2/c12-9-5-6-10-13-11-7-3-1-2-4-8-11/h11H,1-8,10H2. The van der Waals surface area contributed by atoms with E-state index in [1.807, 2.05) is 6.29 Å². The molecule has 2 heteroatoms. The topological polar surface area (TPSA) is 26.3 Å². The average Bonchev–Trinajstić information content (AvgIpc) is 2.41. The maximum Gasteiger partial charge on any atom is 0.198 e. The number of carbonyl (C=O) groups excluding carboxylic acids is 1. The van der Waals surface area contributed by atoms with Crippen LogP contribution in [0.3, 0.4) is 0 Å². The summed E-state index contributed by atoms with van der Waals surface area (Å²) in [6.07, 6.45) is 11.5. The molecule has 0 aromatic carbocycles. The molecule has 13 heavy (non-hydrogen) atoms. The molecule has 0 unspecified atom stereocenters. The zero-order valence-corrected chi connectivity index (χ0v) is 8.26. The Hall–Kier alpha value is -0.370. The van der Waals surface area contributed by atoms with Crippen LogP contribution in [-0.4, -0.2) is 19.0 Å². The second-order valence-electron chi connectivity index (χ2n) is 3.73. The van der Waals surface area contributed by atoms with E-state index in [4.69, 9.17) is 4.74 Å². The van der Waals surface area contributed by atoms with Gasteiger partial charge in [-0.1, -0.05) is 25.7 Å². The number of ether oxygens (including phenoxy) is 1. The van der Waals surface area contributed by atoms with Crippen molar-refractivity contribution in [1.29, 1.82) is 0 Å². The number of hydrogen-bond acceptors (Lipinski definition) is 2. The quantitative estimate of drug-likeness (QED) is 0.484. The highest BCUT2D eigenvalue weighted by Gasteiger charge is 2.11. The fourth-order valence-electron chi connectivity index (χ4n) is 1.80. The first-order chi connectivity index (χ1) is 6.43. The Morgan fingerprint density at radius 1 is 1.15 bits per heavy atom. The van der Waals surface area contributed by atoms with Crippen molar-refractivity contribution in [1.82, 2.24) is 0 Å². The highest BCUT2D eigenvalue weighted by atomic mass is 16.5. The van der Waals surface area contributed by atoms with Gasteiger partial charge in [-0.3, -0.25) is 4.79 Å². The third-order valence-electron chi connectivity index (χ3n) is 2.58. The van der Waals surface area contributed by atoms with Gasteiger partial charge in [0.15, 0.2) is 6.29 Å². The Balaban J connectivity index is 2.01. The highest BCUT2D eigenvalue weighted by molar-refractivity contribution is 5.50. The minimum absolute atomic E-state index is 0.467. The number of unbranched alkanes of at least 4 members (excludes halogenated alkanes) is 1. The van der Waals surface area contributed by atoms with Gasteiger partial charge in [-0.15, -0.1) is 0 Å². The molecule has 75 valence electrons. The molecule has 1 saturated carbocycles. The smallest absolute Gasteiger partial charge is 0.198 e. The lowest BCUT2D eigenvalue weighted by Crippen LogP contribution is -2.12. The molecule has 0 aromatic rings. The largest absolute Gasteiger partial charge is 0.378 e. The van der Waals surface area contributed by atoms with Gasteiger partial charge in [-0.05, 0) is 19.3 Å². The molecular weight excluding hydrogens is 164 g/mol. The predicted octanol–water partition coefficient (Wildman–Crippen LogP) is 2.62. The fourth-order valence-corrected chi connectivity index (χ4v) is 1.80. The van der Waals surface area contributed by atoms with Crippen molar-refractivity contribution in [3.8, 4) is 0 Å². The van der Waals surface area contributed by atoms with Gasteiger partial charge >= 0.3 is 0 Å². The molecule has 0 aromatic heterocycles. The van der Waals surface area contributed by atoms with E-state index >= 15 is 0 Å². The Morgan fingerprint density at radius 2 is 1.85 bits per heavy atom. The molecule has 0 heterocycles. The molecule has 0 saturated heterocycles. The second-order valence-corrected chi connectivity index (χ2v) is 3.73. The summed E-state index contributed by atoms with van der Waals surface area (Å²) >= 11 is 0. The van der Waals surface area contributed by atoms with Crippen LogP contribution in [0.25, 0.3) is 0 Å². The summed E-state index contributed by atoms with van der Waals surface area (Å²) in [4.78, 5) is 9.93. The first-order valence-corrected chi connectivity index (χ1v) is 5.40. The van der Waals surface area contributed by atoms with Crippen LogP contribution in [0.1, 0.15) is 51.4 Å². The lowest BCUT2D eigenvalue weighted by atomic mass is 10.1. The van der Waals surface area contributed by atoms with Crippen LogP contribution in [0.5, 0.6) is 0 Å². The van der Waals surface area contributed by atoms with Crippen molar-refractivity contribution < 1.29 is 9.53 Å². The summed E-state index contributed by atoms with van der Waals surface area (Å²) in [5, 5.41) is 0. The minimum atomic E-state index is 0.467. The lowest BCUT2D eigenvalue weighted by Gasteiger charge is -2.14. The van der Waals surface area contributed by atoms with Crippen molar-refractivity contribution in [2.45, 2.75) is 57.5 Å². The van der Waals surface area contributed by atoms with Crippen LogP contribution in [0.15, 0.2) is 0 Å². The van der Waals surface area contributed by atoms with Crippen LogP contribution < -0.4 is 0 Å². The summed E-state index contributed by atoms with van der Waals surface area (Å²) in [7, 11) is 0. The molecule has 0 bridgehead atoms. The van der Waals surface area contributed by atoms with Crippen LogP contribution in [0.2, 0.25) is 0 Å². The van der Waals surface area contributed by atoms with Gasteiger partial charge in [0.25, 0.3) is 0 Å². The summed E-state index contributed by atoms with van der Waals surface area (Å²) in [6.45, 7) is 0.736. The third kappa shape index (κ3) is 5.04. The van der Waals surface area contributed by atoms with Crippen molar-refractivity contribution in [2.24, 2.45) is 0 Å². The van der Waals surface area contributed by atoms with Gasteiger partial charge in [0.1, 0.15) is 0 Å². The van der Waals surface area contributed by atoms with Crippen LogP contribution in [0, 0.1) is 0 Å². The number of rotatable bonds is 5. The molecule has 0 atom stereocenters. The van der Waals surface area contributed by atoms with E-state index in [9.17, 15) is 4.79 Å². The van der Waals surface area contributed by atoms with E-state index in [1.165, 1.54) is 38.5 Å². The van der Waals surface area contributed by atoms with Gasteiger partial charge < -0.3 is 4.74 Å². The van der Waals surface area contributed by atoms with E-state index in [1.54, 1.807) is 0 Å². The normalized spacial score (nSPS) is 19.7. The predicted molar refractivity (Wildman–Crippen MR) is 52.4 cm³/mol. The summed E-state index contributed by atoms with van der Waals surface area (Å²) in [5.74, 6) is 0. The average molecular weight is 183 g/mol. The maximum absolute atomic E-state index is 9.93. The van der Waals surface area contributed by atoms with Crippen molar-refractivity contribution in [3.05, 3.63) is 0 Å². The van der Waals surface area contributed by atoms with Crippen molar-refractivity contribution >= 4 is 6.29 Å². The molecule has 0 aliphatic heterocycles. The Bertz CT molecular complexity index is 126. The first kappa shape index (κ1) is 10.7. The Kier molecular flexibility index (Phi) is 5.83. The molecule has 1 aliphatic carbocycles. The first-order valence-electron chi connectivity index (χ1n) is 5.40. The second kappa shape index (κ2) is 7.07. The van der Waals surface area contributed by atoms with Crippen LogP contribution >= 0.6 is 0 Å². The zero-order valence-electron chi connectivity index (χ0n) is 8.26. The van der Waals surface area contributed by atoms with Crippen LogP contribution in [-0.2, 0) is 9.53 Å². The van der Waals surface area contributed by atoms with Gasteiger partial charge in [-0.25, -0.2) is 0 Å². The summed E-state index contributed by atoms with van der Waals surface area (Å²) < 4.78 is 5.69. The zero-order chi connectivity index (χ0) is 9.36. The van der Waals surface area contributed by atoms with E-state index in [0.29, 0.717) is 12.5 Å². The third-order valence-corrected chi connectivity index (χ3v) is 2.58. The van der Waals surface area contributed by atoms with E-state index in [2.05, 4.69) is 0 Å². The van der Waals surface area contributed by atoms with E-state index in [0.717, 1.165) is 13.0 Å². The monoisotopic (exact) mass is 183 g/mol. The Labute approximate surface area is 80.7 Å². The number of hydrogen-bond donors (Lipinski definition) is 0. The Morgan fingerprint density at radius 3 is 2.46 bits per heavy atom. The molecule has 2 nitrogen and oxygen atoms in total. The fraction of sp³-hybridized carbons (Fsp3) is 0.909. The molecule has 1 fully saturated rings. The molecular formula is C11H19O2. The molecule has 1 rings (SSSR count). The van der Waals surface area contributed by atoms with E-state index in [-0.39, 0.29) is 0 Å². The molecule has 0 spiro atoms. The highest BCUT2D eigenvalue weighted by Crippen LogP contribution is 2.19. The lowest BCUT2D eigenvalue weighted by molar-refractivity contribution is 0.0425. The van der Waals surface area contributed by atoms with Gasteiger partial charge in [0.05, 0.1) is 6.10 Å². The molecule has 1 aliphatic rings. The molecule has 0 amide bonds. The molecule has 1 radical (unpaired) electrons. The SMILES string of the molecule is O=[C]CCCOC1CCCCCC1. The van der Waals surface area contributed by atoms with E-state index < -0.39 is 0 Å². The van der Waals surface area contributed by atoms with Gasteiger partial charge in [0.2, 0.25) is 0 Å².